The monoisotopic (exact) mass is 224 g/mol. The number of hydrogen-bond donors (Lipinski definition) is 3. The zero-order valence-corrected chi connectivity index (χ0v) is 8.65. The van der Waals surface area contributed by atoms with E-state index in [0.29, 0.717) is 11.1 Å². The van der Waals surface area contributed by atoms with Crippen molar-refractivity contribution in [1.82, 2.24) is 5.32 Å². The second kappa shape index (κ2) is 6.18. The molecule has 1 rings (SSSR count). The highest BCUT2D eigenvalue weighted by Gasteiger charge is 2.08. The second-order valence-electron chi connectivity index (χ2n) is 3.36. The van der Waals surface area contributed by atoms with E-state index in [4.69, 9.17) is 15.5 Å². The van der Waals surface area contributed by atoms with Crippen LogP contribution in [0.5, 0.6) is 0 Å². The Labute approximate surface area is 93.0 Å². The van der Waals surface area contributed by atoms with Crippen molar-refractivity contribution in [2.45, 2.75) is 12.6 Å². The Hall–Kier alpha value is -1.48. The lowest BCUT2D eigenvalue weighted by molar-refractivity contribution is 0.170. The molecule has 0 heterocycles. The van der Waals surface area contributed by atoms with Crippen LogP contribution in [0.25, 0.3) is 0 Å². The molecular formula is C11H13FN2O2. The summed E-state index contributed by atoms with van der Waals surface area (Å²) in [4.78, 5) is 0. The first-order valence-electron chi connectivity index (χ1n) is 4.85. The van der Waals surface area contributed by atoms with E-state index in [2.05, 4.69) is 5.32 Å². The Morgan fingerprint density at radius 3 is 2.62 bits per heavy atom. The van der Waals surface area contributed by atoms with Crippen molar-refractivity contribution in [3.8, 4) is 6.07 Å². The van der Waals surface area contributed by atoms with Crippen LogP contribution in [-0.4, -0.2) is 29.5 Å². The van der Waals surface area contributed by atoms with Gasteiger partial charge >= 0.3 is 0 Å². The SMILES string of the molecule is N#Cc1ccc(F)cc1CNC(CO)CO. The van der Waals surface area contributed by atoms with Crippen molar-refractivity contribution in [2.75, 3.05) is 13.2 Å². The fourth-order valence-corrected chi connectivity index (χ4v) is 1.26. The number of nitriles is 1. The molecule has 86 valence electrons. The van der Waals surface area contributed by atoms with Crippen molar-refractivity contribution >= 4 is 0 Å². The first-order valence-corrected chi connectivity index (χ1v) is 4.85. The maximum atomic E-state index is 12.9. The number of nitrogens with one attached hydrogen (secondary N) is 1. The quantitative estimate of drug-likeness (QED) is 0.665. The summed E-state index contributed by atoms with van der Waals surface area (Å²) >= 11 is 0. The molecule has 0 aliphatic rings. The first kappa shape index (κ1) is 12.6. The number of benzene rings is 1. The van der Waals surface area contributed by atoms with Crippen LogP contribution < -0.4 is 5.32 Å². The van der Waals surface area contributed by atoms with Gasteiger partial charge in [-0.1, -0.05) is 0 Å². The molecule has 0 spiro atoms. The summed E-state index contributed by atoms with van der Waals surface area (Å²) in [5.74, 6) is -0.416. The van der Waals surface area contributed by atoms with Crippen LogP contribution in [0.4, 0.5) is 4.39 Å². The lowest BCUT2D eigenvalue weighted by Crippen LogP contribution is -2.35. The molecule has 0 aliphatic heterocycles. The molecule has 1 aromatic rings. The van der Waals surface area contributed by atoms with Gasteiger partial charge in [-0.25, -0.2) is 4.39 Å². The first-order chi connectivity index (χ1) is 7.71. The van der Waals surface area contributed by atoms with Crippen LogP contribution in [0.2, 0.25) is 0 Å². The second-order valence-corrected chi connectivity index (χ2v) is 3.36. The smallest absolute Gasteiger partial charge is 0.123 e. The van der Waals surface area contributed by atoms with Gasteiger partial charge in [0.2, 0.25) is 0 Å². The molecule has 0 bridgehead atoms. The van der Waals surface area contributed by atoms with Gasteiger partial charge in [0.15, 0.2) is 0 Å². The standard InChI is InChI=1S/C11H13FN2O2/c12-10-2-1-8(4-13)9(3-10)5-14-11(6-15)7-16/h1-3,11,14-16H,5-7H2. The summed E-state index contributed by atoms with van der Waals surface area (Å²) in [6, 6.07) is 5.37. The van der Waals surface area contributed by atoms with Gasteiger partial charge in [0.25, 0.3) is 0 Å². The van der Waals surface area contributed by atoms with E-state index in [9.17, 15) is 4.39 Å². The van der Waals surface area contributed by atoms with Gasteiger partial charge in [0, 0.05) is 6.54 Å². The molecule has 0 aromatic heterocycles. The minimum absolute atomic E-state index is 0.215. The molecule has 1 aromatic carbocycles. The summed E-state index contributed by atoms with van der Waals surface area (Å²) in [6.45, 7) is -0.201. The molecule has 0 amide bonds. The molecule has 0 saturated heterocycles. The number of hydrogen-bond acceptors (Lipinski definition) is 4. The Morgan fingerprint density at radius 2 is 2.06 bits per heavy atom. The summed E-state index contributed by atoms with van der Waals surface area (Å²) < 4.78 is 12.9. The van der Waals surface area contributed by atoms with Crippen molar-refractivity contribution in [3.63, 3.8) is 0 Å². The third-order valence-corrected chi connectivity index (χ3v) is 2.21. The Morgan fingerprint density at radius 1 is 1.38 bits per heavy atom. The van der Waals surface area contributed by atoms with Crippen LogP contribution in [0.3, 0.4) is 0 Å². The average Bonchev–Trinajstić information content (AvgIpc) is 2.30. The molecule has 16 heavy (non-hydrogen) atoms. The van der Waals surface area contributed by atoms with E-state index in [-0.39, 0.29) is 19.8 Å². The van der Waals surface area contributed by atoms with Crippen molar-refractivity contribution in [1.29, 1.82) is 5.26 Å². The van der Waals surface area contributed by atoms with Gasteiger partial charge in [0.05, 0.1) is 30.9 Å². The molecule has 4 nitrogen and oxygen atoms in total. The zero-order chi connectivity index (χ0) is 12.0. The van der Waals surface area contributed by atoms with E-state index in [1.807, 2.05) is 6.07 Å². The normalized spacial score (nSPS) is 10.4. The lowest BCUT2D eigenvalue weighted by atomic mass is 10.1. The highest BCUT2D eigenvalue weighted by Crippen LogP contribution is 2.10. The Balaban J connectivity index is 2.73. The van der Waals surface area contributed by atoms with Crippen LogP contribution in [-0.2, 0) is 6.54 Å². The van der Waals surface area contributed by atoms with Gasteiger partial charge < -0.3 is 15.5 Å². The van der Waals surface area contributed by atoms with Gasteiger partial charge in [-0.15, -0.1) is 0 Å². The summed E-state index contributed by atoms with van der Waals surface area (Å²) in [7, 11) is 0. The van der Waals surface area contributed by atoms with E-state index in [1.165, 1.54) is 18.2 Å². The van der Waals surface area contributed by atoms with E-state index < -0.39 is 11.9 Å². The van der Waals surface area contributed by atoms with E-state index in [0.717, 1.165) is 0 Å². The third kappa shape index (κ3) is 3.28. The number of halogens is 1. The largest absolute Gasteiger partial charge is 0.395 e. The van der Waals surface area contributed by atoms with Crippen LogP contribution in [0, 0.1) is 17.1 Å². The molecule has 0 aliphatic carbocycles. The van der Waals surface area contributed by atoms with Gasteiger partial charge in [-0.05, 0) is 23.8 Å². The predicted octanol–water partition coefficient (Wildman–Crippen LogP) is 0.140. The van der Waals surface area contributed by atoms with Gasteiger partial charge in [0.1, 0.15) is 5.82 Å². The Bertz CT molecular complexity index is 386. The number of aliphatic hydroxyl groups excluding tert-OH is 2. The maximum absolute atomic E-state index is 12.9. The highest BCUT2D eigenvalue weighted by molar-refractivity contribution is 5.37. The predicted molar refractivity (Wildman–Crippen MR) is 55.9 cm³/mol. The van der Waals surface area contributed by atoms with Crippen molar-refractivity contribution < 1.29 is 14.6 Å². The number of nitrogens with zero attached hydrogens (tertiary/aromatic N) is 1. The molecule has 0 fully saturated rings. The van der Waals surface area contributed by atoms with E-state index >= 15 is 0 Å². The molecule has 0 saturated carbocycles. The zero-order valence-electron chi connectivity index (χ0n) is 8.65. The van der Waals surface area contributed by atoms with E-state index in [1.54, 1.807) is 0 Å². The van der Waals surface area contributed by atoms with Crippen LogP contribution >= 0.6 is 0 Å². The summed E-state index contributed by atoms with van der Waals surface area (Å²) in [5, 5.41) is 29.3. The minimum Gasteiger partial charge on any atom is -0.395 e. The van der Waals surface area contributed by atoms with Gasteiger partial charge in [-0.2, -0.15) is 5.26 Å². The molecule has 0 unspecified atom stereocenters. The Kier molecular flexibility index (Phi) is 4.86. The topological polar surface area (TPSA) is 76.3 Å². The lowest BCUT2D eigenvalue weighted by Gasteiger charge is -2.13. The fourth-order valence-electron chi connectivity index (χ4n) is 1.26. The average molecular weight is 224 g/mol. The summed E-state index contributed by atoms with van der Waals surface area (Å²) in [6.07, 6.45) is 0. The fraction of sp³-hybridized carbons (Fsp3) is 0.364. The molecular weight excluding hydrogens is 211 g/mol. The van der Waals surface area contributed by atoms with Crippen molar-refractivity contribution in [3.05, 3.63) is 35.1 Å². The van der Waals surface area contributed by atoms with Crippen molar-refractivity contribution in [2.24, 2.45) is 0 Å². The molecule has 0 radical (unpaired) electrons. The minimum atomic E-state index is -0.463. The maximum Gasteiger partial charge on any atom is 0.123 e. The van der Waals surface area contributed by atoms with Crippen LogP contribution in [0.1, 0.15) is 11.1 Å². The number of rotatable bonds is 5. The van der Waals surface area contributed by atoms with Gasteiger partial charge in [-0.3, -0.25) is 0 Å². The number of aliphatic hydroxyl groups is 2. The molecule has 3 N–H and O–H groups in total. The third-order valence-electron chi connectivity index (χ3n) is 2.21. The van der Waals surface area contributed by atoms with Crippen LogP contribution in [0.15, 0.2) is 18.2 Å². The summed E-state index contributed by atoms with van der Waals surface area (Å²) in [5.41, 5.74) is 0.887. The highest BCUT2D eigenvalue weighted by atomic mass is 19.1. The molecule has 0 atom stereocenters. The molecule has 5 heteroatoms.